The van der Waals surface area contributed by atoms with Crippen LogP contribution in [0.15, 0.2) is 140 Å². The van der Waals surface area contributed by atoms with Crippen LogP contribution in [0.25, 0.3) is 22.0 Å². The van der Waals surface area contributed by atoms with E-state index in [9.17, 15) is 18.3 Å². The molecule has 0 saturated carbocycles. The zero-order chi connectivity index (χ0) is 37.7. The average molecular weight is 730 g/mol. The lowest BCUT2D eigenvalue weighted by Gasteiger charge is -2.46. The summed E-state index contributed by atoms with van der Waals surface area (Å²) in [4.78, 5) is 11.7. The molecule has 0 amide bonds. The predicted molar refractivity (Wildman–Crippen MR) is 205 cm³/mol. The summed E-state index contributed by atoms with van der Waals surface area (Å²) in [5.74, 6) is 0.570. The molecule has 1 fully saturated rings. The second kappa shape index (κ2) is 15.8. The van der Waals surface area contributed by atoms with Gasteiger partial charge >= 0.3 is 6.18 Å². The number of fused-ring (bicyclic) bond motifs is 1. The normalized spacial score (nSPS) is 17.7. The summed E-state index contributed by atoms with van der Waals surface area (Å²) in [6.45, 7) is 8.62. The molecule has 276 valence electrons. The van der Waals surface area contributed by atoms with Crippen LogP contribution in [0.2, 0.25) is 0 Å². The number of benzene rings is 4. The molecule has 1 aliphatic heterocycles. The third-order valence-electron chi connectivity index (χ3n) is 10.2. The number of aliphatic hydroxyl groups is 1. The minimum Gasteiger partial charge on any atom is -0.473 e. The maximum absolute atomic E-state index is 13.1. The van der Waals surface area contributed by atoms with Crippen molar-refractivity contribution in [2.24, 2.45) is 5.92 Å². The first-order chi connectivity index (χ1) is 26.1. The summed E-state index contributed by atoms with van der Waals surface area (Å²) in [6, 6.07) is 36.8. The first-order valence-electron chi connectivity index (χ1n) is 18.1. The molecule has 0 spiro atoms. The molecule has 4 aromatic carbocycles. The summed E-state index contributed by atoms with van der Waals surface area (Å²) in [7, 11) is 0. The molecular weight excluding hydrogens is 688 g/mol. The van der Waals surface area contributed by atoms with Crippen molar-refractivity contribution < 1.29 is 27.8 Å². The molecule has 1 saturated heterocycles. The van der Waals surface area contributed by atoms with Gasteiger partial charge in [0.05, 0.1) is 16.7 Å². The predicted octanol–water partition coefficient (Wildman–Crippen LogP) is 10.1. The van der Waals surface area contributed by atoms with Gasteiger partial charge in [0.1, 0.15) is 13.2 Å². The lowest BCUT2D eigenvalue weighted by molar-refractivity contribution is -0.137. The third kappa shape index (κ3) is 8.33. The van der Waals surface area contributed by atoms with Crippen molar-refractivity contribution in [3.8, 4) is 22.9 Å². The molecule has 0 bridgehead atoms. The van der Waals surface area contributed by atoms with Gasteiger partial charge in [0, 0.05) is 54.3 Å². The van der Waals surface area contributed by atoms with Crippen molar-refractivity contribution in [3.05, 3.63) is 167 Å². The Morgan fingerprint density at radius 2 is 1.54 bits per heavy atom. The Morgan fingerprint density at radius 1 is 0.852 bits per heavy atom. The van der Waals surface area contributed by atoms with E-state index >= 15 is 0 Å². The number of piperidine rings is 1. The van der Waals surface area contributed by atoms with Crippen molar-refractivity contribution in [1.29, 1.82) is 0 Å². The number of hydrogen-bond donors (Lipinski definition) is 1. The van der Waals surface area contributed by atoms with Crippen LogP contribution in [0.4, 0.5) is 13.2 Å². The Balaban J connectivity index is 1.16. The fourth-order valence-corrected chi connectivity index (χ4v) is 7.10. The number of nitrogens with zero attached hydrogens (tertiary/aromatic N) is 3. The SMILES string of the molecule is C=C(CC)C1CN(Cc2ccc(C(F)(F)F)cc2)CCC1(O)c1ccc2ncc(-c3ccc(OCc4ccccc4)nc3OCc3ccccc3)cc2c1. The van der Waals surface area contributed by atoms with Crippen LogP contribution in [0.3, 0.4) is 0 Å². The van der Waals surface area contributed by atoms with Gasteiger partial charge in [0.15, 0.2) is 0 Å². The second-order valence-electron chi connectivity index (χ2n) is 13.9. The van der Waals surface area contributed by atoms with Gasteiger partial charge in [-0.05, 0) is 71.5 Å². The zero-order valence-electron chi connectivity index (χ0n) is 30.1. The molecule has 2 unspecified atom stereocenters. The van der Waals surface area contributed by atoms with E-state index in [4.69, 9.17) is 19.4 Å². The lowest BCUT2D eigenvalue weighted by Crippen LogP contribution is -2.50. The highest BCUT2D eigenvalue weighted by molar-refractivity contribution is 5.85. The van der Waals surface area contributed by atoms with E-state index in [1.807, 2.05) is 104 Å². The maximum atomic E-state index is 13.1. The fraction of sp³-hybridized carbons (Fsp3) is 0.244. The first kappa shape index (κ1) is 36.8. The van der Waals surface area contributed by atoms with Crippen LogP contribution in [0, 0.1) is 5.92 Å². The van der Waals surface area contributed by atoms with Gasteiger partial charge in [-0.15, -0.1) is 0 Å². The smallest absolute Gasteiger partial charge is 0.416 e. The van der Waals surface area contributed by atoms with E-state index in [0.717, 1.165) is 62.0 Å². The van der Waals surface area contributed by atoms with E-state index in [1.54, 1.807) is 6.20 Å². The zero-order valence-corrected chi connectivity index (χ0v) is 30.1. The van der Waals surface area contributed by atoms with Gasteiger partial charge in [-0.3, -0.25) is 9.88 Å². The molecule has 1 N–H and O–H groups in total. The number of alkyl halides is 3. The number of pyridine rings is 2. The van der Waals surface area contributed by atoms with Crippen molar-refractivity contribution >= 4 is 10.9 Å². The number of rotatable bonds is 12. The molecular formula is C45H42F3N3O3. The van der Waals surface area contributed by atoms with E-state index in [0.29, 0.717) is 57.4 Å². The molecule has 0 aliphatic carbocycles. The van der Waals surface area contributed by atoms with Gasteiger partial charge in [-0.2, -0.15) is 18.2 Å². The minimum atomic E-state index is -4.38. The Hall–Kier alpha value is -5.51. The average Bonchev–Trinajstić information content (AvgIpc) is 3.20. The van der Waals surface area contributed by atoms with Crippen LogP contribution >= 0.6 is 0 Å². The van der Waals surface area contributed by atoms with E-state index in [-0.39, 0.29) is 5.92 Å². The summed E-state index contributed by atoms with van der Waals surface area (Å²) >= 11 is 0. The fourth-order valence-electron chi connectivity index (χ4n) is 7.10. The molecule has 6 nitrogen and oxygen atoms in total. The van der Waals surface area contributed by atoms with Crippen LogP contribution in [0.5, 0.6) is 11.8 Å². The molecule has 7 rings (SSSR count). The molecule has 9 heteroatoms. The van der Waals surface area contributed by atoms with Gasteiger partial charge in [-0.1, -0.05) is 97.9 Å². The summed E-state index contributed by atoms with van der Waals surface area (Å²) < 4.78 is 51.8. The second-order valence-corrected chi connectivity index (χ2v) is 13.9. The third-order valence-corrected chi connectivity index (χ3v) is 10.2. The van der Waals surface area contributed by atoms with Crippen LogP contribution in [-0.4, -0.2) is 33.1 Å². The van der Waals surface area contributed by atoms with Gasteiger partial charge in [-0.25, -0.2) is 0 Å². The van der Waals surface area contributed by atoms with E-state index in [2.05, 4.69) is 11.5 Å². The van der Waals surface area contributed by atoms with Crippen molar-refractivity contribution in [2.75, 3.05) is 13.1 Å². The molecule has 3 heterocycles. The van der Waals surface area contributed by atoms with Crippen molar-refractivity contribution in [1.82, 2.24) is 14.9 Å². The molecule has 6 aromatic rings. The number of ether oxygens (including phenoxy) is 2. The Kier molecular flexibility index (Phi) is 10.8. The topological polar surface area (TPSA) is 67.7 Å². The standard InChI is InChI=1S/C45H42F3N3O3/c1-3-31(2)40-28-51(27-32-14-16-37(17-15-32)45(46,47)48)23-22-44(40,52)38-18-20-41-35(25-38)24-36(26-49-41)39-19-21-42(53-29-33-10-6-4-7-11-33)50-43(39)54-30-34-12-8-5-9-13-34/h4-21,24-26,40,52H,2-3,22-23,27-30H2,1H3. The number of aromatic nitrogens is 2. The summed E-state index contributed by atoms with van der Waals surface area (Å²) in [6.07, 6.45) is -1.46. The van der Waals surface area contributed by atoms with Crippen molar-refractivity contribution in [2.45, 2.75) is 51.3 Å². The summed E-state index contributed by atoms with van der Waals surface area (Å²) in [5, 5.41) is 13.3. The largest absolute Gasteiger partial charge is 0.473 e. The Bertz CT molecular complexity index is 2210. The number of hydrogen-bond acceptors (Lipinski definition) is 6. The Labute approximate surface area is 313 Å². The van der Waals surface area contributed by atoms with Crippen LogP contribution in [0.1, 0.15) is 47.6 Å². The molecule has 1 aliphatic rings. The van der Waals surface area contributed by atoms with Gasteiger partial charge < -0.3 is 14.6 Å². The minimum absolute atomic E-state index is 0.287. The van der Waals surface area contributed by atoms with Crippen LogP contribution in [-0.2, 0) is 31.5 Å². The molecule has 0 radical (unpaired) electrons. The number of likely N-dealkylation sites (tertiary alicyclic amines) is 1. The highest BCUT2D eigenvalue weighted by Crippen LogP contribution is 2.43. The first-order valence-corrected chi connectivity index (χ1v) is 18.1. The molecule has 2 atom stereocenters. The lowest BCUT2D eigenvalue weighted by atomic mass is 9.72. The highest BCUT2D eigenvalue weighted by atomic mass is 19.4. The molecule has 2 aromatic heterocycles. The van der Waals surface area contributed by atoms with E-state index < -0.39 is 17.3 Å². The monoisotopic (exact) mass is 729 g/mol. The molecule has 54 heavy (non-hydrogen) atoms. The number of halogens is 3. The van der Waals surface area contributed by atoms with Gasteiger partial charge in [0.25, 0.3) is 0 Å². The summed E-state index contributed by atoms with van der Waals surface area (Å²) in [5.41, 5.74) is 4.98. The van der Waals surface area contributed by atoms with Crippen molar-refractivity contribution in [3.63, 3.8) is 0 Å². The maximum Gasteiger partial charge on any atom is 0.416 e. The quantitative estimate of drug-likeness (QED) is 0.127. The van der Waals surface area contributed by atoms with Gasteiger partial charge in [0.2, 0.25) is 11.8 Å². The van der Waals surface area contributed by atoms with E-state index in [1.165, 1.54) is 12.1 Å². The van der Waals surface area contributed by atoms with Crippen LogP contribution < -0.4 is 9.47 Å². The Morgan fingerprint density at radius 3 is 2.20 bits per heavy atom. The highest BCUT2D eigenvalue weighted by Gasteiger charge is 2.44.